The molecule has 4 nitrogen and oxygen atoms in total. The predicted octanol–water partition coefficient (Wildman–Crippen LogP) is 1.42. The normalized spacial score (nSPS) is 15.3. The van der Waals surface area contributed by atoms with Crippen LogP contribution in [0.1, 0.15) is 30.4 Å². The van der Waals surface area contributed by atoms with Crippen molar-refractivity contribution in [2.24, 2.45) is 5.92 Å². The summed E-state index contributed by atoms with van der Waals surface area (Å²) >= 11 is 0. The maximum atomic E-state index is 12.3. The topological polar surface area (TPSA) is 66.4 Å². The van der Waals surface area contributed by atoms with E-state index in [4.69, 9.17) is 5.11 Å². The van der Waals surface area contributed by atoms with E-state index in [1.807, 2.05) is 6.92 Å². The summed E-state index contributed by atoms with van der Waals surface area (Å²) in [6, 6.07) is 5.04. The Morgan fingerprint density at radius 3 is 2.75 bits per heavy atom. The highest BCUT2D eigenvalue weighted by molar-refractivity contribution is 7.89. The monoisotopic (exact) mass is 293 g/mol. The van der Waals surface area contributed by atoms with Crippen LogP contribution in [0.4, 0.5) is 0 Å². The molecule has 2 N–H and O–H groups in total. The van der Waals surface area contributed by atoms with E-state index in [1.54, 1.807) is 18.2 Å². The second kappa shape index (κ2) is 6.40. The quantitative estimate of drug-likeness (QED) is 0.825. The van der Waals surface area contributed by atoms with Crippen molar-refractivity contribution in [3.63, 3.8) is 0 Å². The fourth-order valence-electron chi connectivity index (χ4n) is 2.11. The second-order valence-electron chi connectivity index (χ2n) is 5.11. The fraction of sp³-hybridized carbons (Fsp3) is 0.467. The molecule has 0 spiro atoms. The van der Waals surface area contributed by atoms with Crippen LogP contribution in [-0.2, 0) is 10.0 Å². The molecular formula is C15H19NO3S. The van der Waals surface area contributed by atoms with Gasteiger partial charge in [0.2, 0.25) is 10.0 Å². The summed E-state index contributed by atoms with van der Waals surface area (Å²) in [4.78, 5) is 0.184. The number of nitrogens with one attached hydrogen (secondary N) is 1. The van der Waals surface area contributed by atoms with E-state index >= 15 is 0 Å². The molecule has 1 aromatic rings. The summed E-state index contributed by atoms with van der Waals surface area (Å²) in [5.74, 6) is 5.67. The van der Waals surface area contributed by atoms with E-state index in [1.165, 1.54) is 6.42 Å². The van der Waals surface area contributed by atoms with Gasteiger partial charge in [-0.25, -0.2) is 13.1 Å². The Kier molecular flexibility index (Phi) is 4.81. The van der Waals surface area contributed by atoms with Crippen LogP contribution in [0.5, 0.6) is 0 Å². The molecule has 0 bridgehead atoms. The first kappa shape index (κ1) is 15.0. The van der Waals surface area contributed by atoms with Gasteiger partial charge < -0.3 is 5.11 Å². The Bertz CT molecular complexity index is 637. The van der Waals surface area contributed by atoms with Gasteiger partial charge in [-0.15, -0.1) is 0 Å². The van der Waals surface area contributed by atoms with Crippen LogP contribution in [0.25, 0.3) is 0 Å². The van der Waals surface area contributed by atoms with Gasteiger partial charge in [-0.3, -0.25) is 0 Å². The Labute approximate surface area is 120 Å². The van der Waals surface area contributed by atoms with Crippen molar-refractivity contribution in [3.8, 4) is 11.8 Å². The Balaban J connectivity index is 2.24. The van der Waals surface area contributed by atoms with E-state index in [0.717, 1.165) is 18.4 Å². The smallest absolute Gasteiger partial charge is 0.241 e. The van der Waals surface area contributed by atoms with Crippen LogP contribution in [0, 0.1) is 24.7 Å². The summed E-state index contributed by atoms with van der Waals surface area (Å²) in [6.07, 6.45) is 3.37. The molecule has 1 aliphatic rings. The molecule has 0 unspecified atom stereocenters. The SMILES string of the molecule is Cc1ccc(S(=O)(=O)NCC2CCC2)c(C#CCO)c1. The highest BCUT2D eigenvalue weighted by atomic mass is 32.2. The lowest BCUT2D eigenvalue weighted by Crippen LogP contribution is -2.32. The van der Waals surface area contributed by atoms with Gasteiger partial charge in [0.15, 0.2) is 0 Å². The largest absolute Gasteiger partial charge is 0.384 e. The van der Waals surface area contributed by atoms with Crippen molar-refractivity contribution >= 4 is 10.0 Å². The molecule has 1 aromatic carbocycles. The molecule has 108 valence electrons. The fourth-order valence-corrected chi connectivity index (χ4v) is 3.37. The average Bonchev–Trinajstić information content (AvgIpc) is 2.34. The third-order valence-corrected chi connectivity index (χ3v) is 5.00. The summed E-state index contributed by atoms with van der Waals surface area (Å²) in [5.41, 5.74) is 1.37. The molecule has 2 rings (SSSR count). The van der Waals surface area contributed by atoms with Crippen molar-refractivity contribution in [3.05, 3.63) is 29.3 Å². The zero-order valence-corrected chi connectivity index (χ0v) is 12.3. The minimum Gasteiger partial charge on any atom is -0.384 e. The van der Waals surface area contributed by atoms with E-state index < -0.39 is 10.0 Å². The summed E-state index contributed by atoms with van der Waals surface area (Å²) in [6.45, 7) is 2.08. The average molecular weight is 293 g/mol. The van der Waals surface area contributed by atoms with Gasteiger partial charge in [0, 0.05) is 12.1 Å². The number of sulfonamides is 1. The summed E-state index contributed by atoms with van der Waals surface area (Å²) < 4.78 is 27.3. The number of hydrogen-bond donors (Lipinski definition) is 2. The van der Waals surface area contributed by atoms with Gasteiger partial charge in [-0.2, -0.15) is 0 Å². The van der Waals surface area contributed by atoms with Crippen LogP contribution in [0.2, 0.25) is 0 Å². The lowest BCUT2D eigenvalue weighted by Gasteiger charge is -2.25. The summed E-state index contributed by atoms with van der Waals surface area (Å²) in [7, 11) is -3.54. The number of aliphatic hydroxyl groups excluding tert-OH is 1. The van der Waals surface area contributed by atoms with Crippen molar-refractivity contribution in [2.45, 2.75) is 31.1 Å². The Morgan fingerprint density at radius 1 is 1.40 bits per heavy atom. The standard InChI is InChI=1S/C15H19NO3S/c1-12-7-8-15(14(10-12)6-3-9-17)20(18,19)16-11-13-4-2-5-13/h7-8,10,13,16-17H,2,4-5,9,11H2,1H3. The van der Waals surface area contributed by atoms with Crippen molar-refractivity contribution in [2.75, 3.05) is 13.2 Å². The van der Waals surface area contributed by atoms with Crippen molar-refractivity contribution < 1.29 is 13.5 Å². The zero-order chi connectivity index (χ0) is 14.6. The van der Waals surface area contributed by atoms with Gasteiger partial charge >= 0.3 is 0 Å². The lowest BCUT2D eigenvalue weighted by atomic mass is 9.86. The van der Waals surface area contributed by atoms with Crippen LogP contribution in [0.15, 0.2) is 23.1 Å². The van der Waals surface area contributed by atoms with Crippen molar-refractivity contribution in [1.82, 2.24) is 4.72 Å². The predicted molar refractivity (Wildman–Crippen MR) is 77.7 cm³/mol. The molecule has 0 aromatic heterocycles. The third-order valence-electron chi connectivity index (χ3n) is 3.51. The molecule has 1 fully saturated rings. The van der Waals surface area contributed by atoms with Crippen LogP contribution < -0.4 is 4.72 Å². The first-order valence-electron chi connectivity index (χ1n) is 6.73. The zero-order valence-electron chi connectivity index (χ0n) is 11.5. The molecular weight excluding hydrogens is 274 g/mol. The van der Waals surface area contributed by atoms with Gasteiger partial charge in [0.1, 0.15) is 6.61 Å². The minimum atomic E-state index is -3.54. The van der Waals surface area contributed by atoms with E-state index in [-0.39, 0.29) is 11.5 Å². The number of hydrogen-bond acceptors (Lipinski definition) is 3. The second-order valence-corrected chi connectivity index (χ2v) is 6.84. The maximum absolute atomic E-state index is 12.3. The molecule has 20 heavy (non-hydrogen) atoms. The molecule has 0 saturated heterocycles. The van der Waals surface area contributed by atoms with Crippen molar-refractivity contribution in [1.29, 1.82) is 0 Å². The number of aryl methyl sites for hydroxylation is 1. The highest BCUT2D eigenvalue weighted by Gasteiger charge is 2.22. The van der Waals surface area contributed by atoms with E-state index in [9.17, 15) is 8.42 Å². The number of benzene rings is 1. The van der Waals surface area contributed by atoms with Crippen LogP contribution in [-0.4, -0.2) is 26.7 Å². The molecule has 1 saturated carbocycles. The Morgan fingerprint density at radius 2 is 2.15 bits per heavy atom. The van der Waals surface area contributed by atoms with E-state index in [0.29, 0.717) is 18.0 Å². The molecule has 0 amide bonds. The Hall–Kier alpha value is -1.35. The number of aliphatic hydroxyl groups is 1. The lowest BCUT2D eigenvalue weighted by molar-refractivity contribution is 0.316. The molecule has 0 heterocycles. The van der Waals surface area contributed by atoms with Gasteiger partial charge in [0.05, 0.1) is 4.90 Å². The highest BCUT2D eigenvalue weighted by Crippen LogP contribution is 2.26. The van der Waals surface area contributed by atoms with Crippen LogP contribution >= 0.6 is 0 Å². The van der Waals surface area contributed by atoms with Crippen LogP contribution in [0.3, 0.4) is 0 Å². The van der Waals surface area contributed by atoms with Gasteiger partial charge in [-0.05, 0) is 43.4 Å². The maximum Gasteiger partial charge on any atom is 0.241 e. The van der Waals surface area contributed by atoms with Gasteiger partial charge in [-0.1, -0.05) is 24.3 Å². The number of rotatable bonds is 4. The molecule has 0 atom stereocenters. The minimum absolute atomic E-state index is 0.184. The molecule has 0 radical (unpaired) electrons. The summed E-state index contributed by atoms with van der Waals surface area (Å²) in [5, 5.41) is 8.77. The van der Waals surface area contributed by atoms with Gasteiger partial charge in [0.25, 0.3) is 0 Å². The molecule has 0 aliphatic heterocycles. The first-order chi connectivity index (χ1) is 9.53. The molecule has 1 aliphatic carbocycles. The van der Waals surface area contributed by atoms with E-state index in [2.05, 4.69) is 16.6 Å². The first-order valence-corrected chi connectivity index (χ1v) is 8.21. The molecule has 5 heteroatoms. The third kappa shape index (κ3) is 3.60.